The number of benzene rings is 2. The first-order chi connectivity index (χ1) is 17.6. The van der Waals surface area contributed by atoms with Crippen LogP contribution in [-0.2, 0) is 4.79 Å². The van der Waals surface area contributed by atoms with E-state index < -0.39 is 11.9 Å². The normalized spacial score (nSPS) is 13.5. The van der Waals surface area contributed by atoms with E-state index in [1.807, 2.05) is 71.6 Å². The zero-order valence-electron chi connectivity index (χ0n) is 19.9. The lowest BCUT2D eigenvalue weighted by atomic mass is 9.96. The van der Waals surface area contributed by atoms with Crippen LogP contribution in [0, 0.1) is 5.92 Å². The molecule has 0 bridgehead atoms. The number of carboxylic acids is 1. The number of halogens is 1. The number of hydrogen-bond donors (Lipinski definition) is 2. The second-order valence-corrected chi connectivity index (χ2v) is 8.66. The molecule has 188 valence electrons. The van der Waals surface area contributed by atoms with Crippen LogP contribution in [0.25, 0.3) is 22.3 Å². The summed E-state index contributed by atoms with van der Waals surface area (Å²) in [4.78, 5) is 39.2. The Bertz CT molecular complexity index is 1360. The summed E-state index contributed by atoms with van der Waals surface area (Å²) in [6.07, 6.45) is 5.88. The molecule has 0 atom stereocenters. The van der Waals surface area contributed by atoms with E-state index in [0.717, 1.165) is 22.3 Å². The van der Waals surface area contributed by atoms with Crippen molar-refractivity contribution >= 4 is 35.9 Å². The summed E-state index contributed by atoms with van der Waals surface area (Å²) < 4.78 is 0. The van der Waals surface area contributed by atoms with Crippen molar-refractivity contribution in [1.82, 2.24) is 15.0 Å². The lowest BCUT2D eigenvalue weighted by molar-refractivity contribution is -0.142. The van der Waals surface area contributed by atoms with Crippen molar-refractivity contribution in [2.75, 3.05) is 23.3 Å². The fraction of sp³-hybridized carbons (Fsp3) is 0.179. The number of nitrogens with one attached hydrogen (secondary N) is 1. The van der Waals surface area contributed by atoms with Gasteiger partial charge in [-0.2, -0.15) is 0 Å². The lowest BCUT2D eigenvalue weighted by Gasteiger charge is -2.30. The van der Waals surface area contributed by atoms with Gasteiger partial charge in [-0.1, -0.05) is 60.7 Å². The smallest absolute Gasteiger partial charge is 0.306 e. The molecule has 37 heavy (non-hydrogen) atoms. The average Bonchev–Trinajstić information content (AvgIpc) is 2.94. The molecule has 8 nitrogen and oxygen atoms in total. The molecular weight excluding hydrogens is 490 g/mol. The van der Waals surface area contributed by atoms with Crippen molar-refractivity contribution in [1.29, 1.82) is 0 Å². The van der Waals surface area contributed by atoms with Crippen LogP contribution in [0.15, 0.2) is 85.3 Å². The number of amides is 1. The summed E-state index contributed by atoms with van der Waals surface area (Å²) in [7, 11) is 0. The quantitative estimate of drug-likeness (QED) is 0.364. The molecule has 1 fully saturated rings. The monoisotopic (exact) mass is 515 g/mol. The third kappa shape index (κ3) is 5.92. The number of carbonyl (C=O) groups is 2. The molecule has 2 aromatic heterocycles. The van der Waals surface area contributed by atoms with Gasteiger partial charge in [-0.15, -0.1) is 12.4 Å². The number of aromatic nitrogens is 3. The van der Waals surface area contributed by atoms with E-state index in [2.05, 4.69) is 20.3 Å². The molecule has 1 aliphatic rings. The fourth-order valence-corrected chi connectivity index (χ4v) is 4.37. The summed E-state index contributed by atoms with van der Waals surface area (Å²) in [6.45, 7) is 1.19. The summed E-state index contributed by atoms with van der Waals surface area (Å²) in [6, 6.07) is 21.8. The van der Waals surface area contributed by atoms with Crippen LogP contribution in [0.2, 0.25) is 0 Å². The Morgan fingerprint density at radius 2 is 1.43 bits per heavy atom. The van der Waals surface area contributed by atoms with Gasteiger partial charge in [-0.25, -0.2) is 15.0 Å². The van der Waals surface area contributed by atoms with Gasteiger partial charge in [0.25, 0.3) is 5.91 Å². The molecule has 1 saturated heterocycles. The van der Waals surface area contributed by atoms with Gasteiger partial charge in [0.15, 0.2) is 0 Å². The molecule has 1 aliphatic heterocycles. The molecule has 0 spiro atoms. The Balaban J connectivity index is 0.00000320. The molecule has 3 heterocycles. The Hall–Kier alpha value is -4.30. The Morgan fingerprint density at radius 1 is 0.811 bits per heavy atom. The second-order valence-electron chi connectivity index (χ2n) is 8.66. The van der Waals surface area contributed by atoms with Gasteiger partial charge in [0.2, 0.25) is 0 Å². The van der Waals surface area contributed by atoms with E-state index in [9.17, 15) is 14.7 Å². The topological polar surface area (TPSA) is 108 Å². The number of carboxylic acid groups (broad SMARTS) is 1. The number of carbonyl (C=O) groups excluding carboxylic acids is 1. The van der Waals surface area contributed by atoms with Crippen molar-refractivity contribution < 1.29 is 14.7 Å². The Morgan fingerprint density at radius 3 is 2.00 bits per heavy atom. The maximum absolute atomic E-state index is 12.9. The first-order valence-electron chi connectivity index (χ1n) is 11.8. The maximum atomic E-state index is 12.9. The second kappa shape index (κ2) is 11.6. The van der Waals surface area contributed by atoms with Crippen molar-refractivity contribution in [3.05, 3.63) is 91.0 Å². The maximum Gasteiger partial charge on any atom is 0.306 e. The molecule has 0 unspecified atom stereocenters. The number of anilines is 2. The largest absolute Gasteiger partial charge is 0.481 e. The standard InChI is InChI=1S/C28H25N5O3.ClH/c34-27(24-17-31-26(18-29-24)33-13-11-21(12-14-33)28(35)36)32-25-15-22(19-7-3-1-4-8-19)23(16-30-25)20-9-5-2-6-10-20;/h1-10,15-18,21H,11-14H2,(H,35,36)(H,30,32,34);1H. The fourth-order valence-electron chi connectivity index (χ4n) is 4.37. The van der Waals surface area contributed by atoms with Gasteiger partial charge < -0.3 is 15.3 Å². The van der Waals surface area contributed by atoms with E-state index >= 15 is 0 Å². The number of pyridine rings is 1. The van der Waals surface area contributed by atoms with Gasteiger partial charge in [-0.3, -0.25) is 9.59 Å². The summed E-state index contributed by atoms with van der Waals surface area (Å²) in [5.41, 5.74) is 4.16. The van der Waals surface area contributed by atoms with E-state index in [1.165, 1.54) is 6.20 Å². The molecule has 0 aliphatic carbocycles. The highest BCUT2D eigenvalue weighted by atomic mass is 35.5. The highest BCUT2D eigenvalue weighted by molar-refractivity contribution is 6.02. The Kier molecular flexibility index (Phi) is 8.10. The number of piperidine rings is 1. The third-order valence-electron chi connectivity index (χ3n) is 6.35. The molecule has 0 saturated carbocycles. The zero-order chi connectivity index (χ0) is 24.9. The zero-order valence-corrected chi connectivity index (χ0v) is 20.8. The van der Waals surface area contributed by atoms with E-state index in [0.29, 0.717) is 37.6 Å². The Labute approximate surface area is 220 Å². The molecule has 0 radical (unpaired) electrons. The average molecular weight is 516 g/mol. The summed E-state index contributed by atoms with van der Waals surface area (Å²) >= 11 is 0. The summed E-state index contributed by atoms with van der Waals surface area (Å²) in [5.74, 6) is -0.431. The predicted molar refractivity (Wildman–Crippen MR) is 145 cm³/mol. The van der Waals surface area contributed by atoms with Gasteiger partial charge in [0.05, 0.1) is 18.3 Å². The van der Waals surface area contributed by atoms with Gasteiger partial charge in [0, 0.05) is 24.8 Å². The van der Waals surface area contributed by atoms with Crippen LogP contribution >= 0.6 is 12.4 Å². The van der Waals surface area contributed by atoms with Crippen LogP contribution < -0.4 is 10.2 Å². The third-order valence-corrected chi connectivity index (χ3v) is 6.35. The van der Waals surface area contributed by atoms with Gasteiger partial charge in [0.1, 0.15) is 17.3 Å². The first-order valence-corrected chi connectivity index (χ1v) is 11.8. The molecule has 9 heteroatoms. The molecule has 2 aromatic carbocycles. The minimum atomic E-state index is -0.756. The first kappa shape index (κ1) is 25.8. The number of hydrogen-bond acceptors (Lipinski definition) is 6. The molecular formula is C28H26ClN5O3. The van der Waals surface area contributed by atoms with Crippen molar-refractivity contribution in [3.8, 4) is 22.3 Å². The van der Waals surface area contributed by atoms with Crippen molar-refractivity contribution in [3.63, 3.8) is 0 Å². The van der Waals surface area contributed by atoms with Crippen molar-refractivity contribution in [2.45, 2.75) is 12.8 Å². The van der Waals surface area contributed by atoms with Crippen LogP contribution in [0.4, 0.5) is 11.6 Å². The van der Waals surface area contributed by atoms with Crippen LogP contribution in [0.5, 0.6) is 0 Å². The number of aliphatic carboxylic acids is 1. The van der Waals surface area contributed by atoms with E-state index in [1.54, 1.807) is 12.4 Å². The van der Waals surface area contributed by atoms with E-state index in [-0.39, 0.29) is 24.0 Å². The van der Waals surface area contributed by atoms with Crippen LogP contribution in [-0.4, -0.2) is 45.0 Å². The SMILES string of the molecule is Cl.O=C(Nc1cc(-c2ccccc2)c(-c2ccccc2)cn1)c1cnc(N2CCC(C(=O)O)CC2)cn1. The van der Waals surface area contributed by atoms with Crippen LogP contribution in [0.1, 0.15) is 23.3 Å². The highest BCUT2D eigenvalue weighted by Crippen LogP contribution is 2.33. The van der Waals surface area contributed by atoms with Gasteiger partial charge >= 0.3 is 5.97 Å². The van der Waals surface area contributed by atoms with Gasteiger partial charge in [-0.05, 0) is 35.6 Å². The lowest BCUT2D eigenvalue weighted by Crippen LogP contribution is -2.36. The van der Waals surface area contributed by atoms with Crippen LogP contribution in [0.3, 0.4) is 0 Å². The minimum absolute atomic E-state index is 0. The predicted octanol–water partition coefficient (Wildman–Crippen LogP) is 5.18. The minimum Gasteiger partial charge on any atom is -0.481 e. The number of nitrogens with zero attached hydrogens (tertiary/aromatic N) is 4. The van der Waals surface area contributed by atoms with Crippen molar-refractivity contribution in [2.24, 2.45) is 5.92 Å². The molecule has 4 aromatic rings. The molecule has 1 amide bonds. The molecule has 2 N–H and O–H groups in total. The summed E-state index contributed by atoms with van der Waals surface area (Å²) in [5, 5.41) is 12.0. The highest BCUT2D eigenvalue weighted by Gasteiger charge is 2.25. The molecule has 5 rings (SSSR count). The number of rotatable bonds is 6. The van der Waals surface area contributed by atoms with E-state index in [4.69, 9.17) is 0 Å².